The zero-order chi connectivity index (χ0) is 13.8. The van der Waals surface area contributed by atoms with E-state index in [1.54, 1.807) is 0 Å². The number of carboxylic acids is 1. The van der Waals surface area contributed by atoms with Crippen LogP contribution in [0, 0.1) is 5.82 Å². The molecule has 5 heteroatoms. The van der Waals surface area contributed by atoms with Crippen LogP contribution in [0.1, 0.15) is 42.5 Å². The molecule has 0 amide bonds. The van der Waals surface area contributed by atoms with Crippen molar-refractivity contribution in [2.45, 2.75) is 44.3 Å². The number of halogens is 1. The van der Waals surface area contributed by atoms with Crippen molar-refractivity contribution in [2.75, 3.05) is 0 Å². The van der Waals surface area contributed by atoms with Crippen LogP contribution in [0.15, 0.2) is 18.2 Å². The molecule has 2 N–H and O–H groups in total. The van der Waals surface area contributed by atoms with Crippen molar-refractivity contribution < 1.29 is 24.1 Å². The van der Waals surface area contributed by atoms with Gasteiger partial charge in [0, 0.05) is 6.07 Å². The van der Waals surface area contributed by atoms with E-state index in [2.05, 4.69) is 0 Å². The second kappa shape index (κ2) is 6.02. The average Bonchev–Trinajstić information content (AvgIpc) is 2.54. The number of carbonyl (C=O) groups is 1. The van der Waals surface area contributed by atoms with Gasteiger partial charge in [-0.05, 0) is 31.4 Å². The van der Waals surface area contributed by atoms with E-state index in [1.165, 1.54) is 6.07 Å². The number of benzene rings is 1. The molecule has 1 aliphatic carbocycles. The normalized spacial score (nSPS) is 23.7. The molecule has 0 saturated heterocycles. The highest BCUT2D eigenvalue weighted by Crippen LogP contribution is 2.24. The van der Waals surface area contributed by atoms with Gasteiger partial charge in [0.05, 0.1) is 11.7 Å². The second-order valence-corrected chi connectivity index (χ2v) is 4.84. The van der Waals surface area contributed by atoms with E-state index < -0.39 is 24.0 Å². The highest BCUT2D eigenvalue weighted by Gasteiger charge is 2.23. The molecule has 0 heterocycles. The maximum Gasteiger partial charge on any atom is 0.335 e. The van der Waals surface area contributed by atoms with E-state index in [0.717, 1.165) is 31.4 Å². The van der Waals surface area contributed by atoms with Crippen LogP contribution in [-0.2, 0) is 0 Å². The van der Waals surface area contributed by atoms with Crippen molar-refractivity contribution >= 4 is 5.97 Å². The minimum atomic E-state index is -1.20. The van der Waals surface area contributed by atoms with Gasteiger partial charge in [-0.3, -0.25) is 0 Å². The summed E-state index contributed by atoms with van der Waals surface area (Å²) in [4.78, 5) is 10.8. The number of aromatic carboxylic acids is 1. The van der Waals surface area contributed by atoms with Crippen molar-refractivity contribution in [3.8, 4) is 5.75 Å². The van der Waals surface area contributed by atoms with Gasteiger partial charge in [0.2, 0.25) is 0 Å². The molecule has 19 heavy (non-hydrogen) atoms. The Kier molecular flexibility index (Phi) is 4.37. The SMILES string of the molecule is O=C(O)c1cc(F)cc(OC2CCCCCC2O)c1. The summed E-state index contributed by atoms with van der Waals surface area (Å²) in [6.45, 7) is 0. The molecule has 1 aromatic rings. The smallest absolute Gasteiger partial charge is 0.335 e. The van der Waals surface area contributed by atoms with Gasteiger partial charge in [-0.2, -0.15) is 0 Å². The summed E-state index contributed by atoms with van der Waals surface area (Å²) in [5.74, 6) is -1.70. The molecule has 104 valence electrons. The first-order valence-corrected chi connectivity index (χ1v) is 6.45. The fourth-order valence-corrected chi connectivity index (χ4v) is 2.32. The van der Waals surface area contributed by atoms with Gasteiger partial charge >= 0.3 is 5.97 Å². The fraction of sp³-hybridized carbons (Fsp3) is 0.500. The third-order valence-corrected chi connectivity index (χ3v) is 3.32. The first kappa shape index (κ1) is 13.8. The first-order valence-electron chi connectivity index (χ1n) is 6.45. The third-order valence-electron chi connectivity index (χ3n) is 3.32. The van der Waals surface area contributed by atoms with E-state index in [0.29, 0.717) is 12.8 Å². The Labute approximate surface area is 110 Å². The lowest BCUT2D eigenvalue weighted by atomic mass is 10.1. The average molecular weight is 268 g/mol. The lowest BCUT2D eigenvalue weighted by Crippen LogP contribution is -2.30. The molecule has 0 aromatic heterocycles. The maximum atomic E-state index is 13.3. The summed E-state index contributed by atoms with van der Waals surface area (Å²) in [6, 6.07) is 3.37. The molecular weight excluding hydrogens is 251 g/mol. The quantitative estimate of drug-likeness (QED) is 0.827. The molecule has 2 atom stereocenters. The Hall–Kier alpha value is -1.62. The Bertz CT molecular complexity index is 461. The number of aliphatic hydroxyl groups is 1. The minimum absolute atomic E-state index is 0.155. The van der Waals surface area contributed by atoms with Crippen LogP contribution >= 0.6 is 0 Å². The molecule has 1 saturated carbocycles. The van der Waals surface area contributed by atoms with E-state index in [9.17, 15) is 14.3 Å². The van der Waals surface area contributed by atoms with Crippen molar-refractivity contribution in [2.24, 2.45) is 0 Å². The molecule has 1 aromatic carbocycles. The van der Waals surface area contributed by atoms with Crippen LogP contribution in [0.3, 0.4) is 0 Å². The van der Waals surface area contributed by atoms with Crippen LogP contribution in [-0.4, -0.2) is 28.4 Å². The maximum absolute atomic E-state index is 13.3. The Morgan fingerprint density at radius 2 is 1.95 bits per heavy atom. The minimum Gasteiger partial charge on any atom is -0.488 e. The van der Waals surface area contributed by atoms with Crippen molar-refractivity contribution in [1.29, 1.82) is 0 Å². The summed E-state index contributed by atoms with van der Waals surface area (Å²) < 4.78 is 18.9. The molecule has 2 unspecified atom stereocenters. The lowest BCUT2D eigenvalue weighted by Gasteiger charge is -2.22. The topological polar surface area (TPSA) is 66.8 Å². The van der Waals surface area contributed by atoms with E-state index in [1.807, 2.05) is 0 Å². The number of rotatable bonds is 3. The van der Waals surface area contributed by atoms with Crippen LogP contribution in [0.2, 0.25) is 0 Å². The van der Waals surface area contributed by atoms with E-state index >= 15 is 0 Å². The zero-order valence-electron chi connectivity index (χ0n) is 10.5. The lowest BCUT2D eigenvalue weighted by molar-refractivity contribution is 0.0317. The first-order chi connectivity index (χ1) is 9.06. The standard InChI is InChI=1S/C14H17FO4/c15-10-6-9(14(17)18)7-11(8-10)19-13-5-3-1-2-4-12(13)16/h6-8,12-13,16H,1-5H2,(H,17,18). The molecule has 0 spiro atoms. The fourth-order valence-electron chi connectivity index (χ4n) is 2.32. The van der Waals surface area contributed by atoms with Crippen molar-refractivity contribution in [3.05, 3.63) is 29.6 Å². The Balaban J connectivity index is 2.15. The largest absolute Gasteiger partial charge is 0.488 e. The van der Waals surface area contributed by atoms with Crippen LogP contribution in [0.4, 0.5) is 4.39 Å². The number of carboxylic acid groups (broad SMARTS) is 1. The van der Waals surface area contributed by atoms with Gasteiger partial charge in [0.15, 0.2) is 0 Å². The van der Waals surface area contributed by atoms with Gasteiger partial charge in [0.1, 0.15) is 17.7 Å². The highest BCUT2D eigenvalue weighted by atomic mass is 19.1. The summed E-state index contributed by atoms with van der Waals surface area (Å²) in [5, 5.41) is 18.8. The molecule has 0 radical (unpaired) electrons. The molecule has 0 aliphatic heterocycles. The number of hydrogen-bond donors (Lipinski definition) is 2. The number of ether oxygens (including phenoxy) is 1. The molecule has 0 bridgehead atoms. The second-order valence-electron chi connectivity index (χ2n) is 4.84. The van der Waals surface area contributed by atoms with Gasteiger partial charge in [-0.1, -0.05) is 12.8 Å². The van der Waals surface area contributed by atoms with Crippen molar-refractivity contribution in [1.82, 2.24) is 0 Å². The van der Waals surface area contributed by atoms with Gasteiger partial charge in [-0.15, -0.1) is 0 Å². The summed E-state index contributed by atoms with van der Waals surface area (Å²) in [5.41, 5.74) is -0.155. The molecular formula is C14H17FO4. The van der Waals surface area contributed by atoms with Crippen LogP contribution in [0.25, 0.3) is 0 Å². The summed E-state index contributed by atoms with van der Waals surface area (Å²) in [7, 11) is 0. The third kappa shape index (κ3) is 3.67. The molecule has 2 rings (SSSR count). The van der Waals surface area contributed by atoms with E-state index in [4.69, 9.17) is 9.84 Å². The predicted molar refractivity (Wildman–Crippen MR) is 66.9 cm³/mol. The predicted octanol–water partition coefficient (Wildman–Crippen LogP) is 2.60. The monoisotopic (exact) mass is 268 g/mol. The molecule has 1 aliphatic rings. The van der Waals surface area contributed by atoms with E-state index in [-0.39, 0.29) is 11.3 Å². The number of aliphatic hydroxyl groups excluding tert-OH is 1. The Morgan fingerprint density at radius 1 is 1.21 bits per heavy atom. The van der Waals surface area contributed by atoms with Gasteiger partial charge in [0.25, 0.3) is 0 Å². The Morgan fingerprint density at radius 3 is 2.68 bits per heavy atom. The van der Waals surface area contributed by atoms with Gasteiger partial charge in [-0.25, -0.2) is 9.18 Å². The summed E-state index contributed by atoms with van der Waals surface area (Å²) >= 11 is 0. The highest BCUT2D eigenvalue weighted by molar-refractivity contribution is 5.88. The number of hydrogen-bond acceptors (Lipinski definition) is 3. The molecule has 4 nitrogen and oxygen atoms in total. The van der Waals surface area contributed by atoms with Crippen LogP contribution in [0.5, 0.6) is 5.75 Å². The van der Waals surface area contributed by atoms with Gasteiger partial charge < -0.3 is 14.9 Å². The van der Waals surface area contributed by atoms with Crippen LogP contribution < -0.4 is 4.74 Å². The zero-order valence-corrected chi connectivity index (χ0v) is 10.5. The molecule has 1 fully saturated rings. The van der Waals surface area contributed by atoms with Crippen molar-refractivity contribution in [3.63, 3.8) is 0 Å². The summed E-state index contributed by atoms with van der Waals surface area (Å²) in [6.07, 6.45) is 3.31.